The molecular formula is C37H70NO7+. The first-order valence-electron chi connectivity index (χ1n) is 18.2. The molecule has 0 saturated carbocycles. The normalized spacial score (nSPS) is 13.2. The molecule has 1 N–H and O–H groups in total. The van der Waals surface area contributed by atoms with Gasteiger partial charge in [0.2, 0.25) is 0 Å². The molecule has 0 aromatic heterocycles. The minimum atomic E-state index is -0.877. The molecule has 0 radical (unpaired) electrons. The van der Waals surface area contributed by atoms with Gasteiger partial charge in [-0.3, -0.25) is 9.59 Å². The minimum absolute atomic E-state index is 0.0502. The zero-order valence-corrected chi connectivity index (χ0v) is 29.8. The van der Waals surface area contributed by atoms with E-state index in [2.05, 4.69) is 26.0 Å². The summed E-state index contributed by atoms with van der Waals surface area (Å²) in [5.41, 5.74) is 0. The van der Waals surface area contributed by atoms with Gasteiger partial charge in [-0.15, -0.1) is 0 Å². The van der Waals surface area contributed by atoms with Gasteiger partial charge in [0.15, 0.2) is 12.1 Å². The van der Waals surface area contributed by atoms with Crippen LogP contribution in [0.1, 0.15) is 155 Å². The molecule has 8 nitrogen and oxygen atoms in total. The number of carbonyl (C=O) groups is 3. The number of carbonyl (C=O) groups excluding carboxylic acids is 2. The quantitative estimate of drug-likeness (QED) is 0.0339. The second-order valence-corrected chi connectivity index (χ2v) is 13.5. The van der Waals surface area contributed by atoms with Crippen molar-refractivity contribution in [3.05, 3.63) is 12.2 Å². The number of carboxylic acids is 1. The summed E-state index contributed by atoms with van der Waals surface area (Å²) in [5.74, 6) is -1.48. The number of ether oxygens (including phenoxy) is 3. The van der Waals surface area contributed by atoms with E-state index < -0.39 is 18.1 Å². The Bertz CT molecular complexity index is 762. The van der Waals surface area contributed by atoms with Crippen molar-refractivity contribution in [3.63, 3.8) is 0 Å². The average Bonchev–Trinajstić information content (AvgIpc) is 2.98. The molecule has 0 spiro atoms. The summed E-state index contributed by atoms with van der Waals surface area (Å²) in [6.45, 7) is 4.67. The molecule has 0 saturated heterocycles. The number of quaternary nitrogens is 1. The monoisotopic (exact) mass is 641 g/mol. The summed E-state index contributed by atoms with van der Waals surface area (Å²) in [6, 6.07) is -0.609. The lowest BCUT2D eigenvalue weighted by Crippen LogP contribution is -2.50. The van der Waals surface area contributed by atoms with Crippen LogP contribution >= 0.6 is 0 Å². The Morgan fingerprint density at radius 1 is 0.644 bits per heavy atom. The molecule has 0 heterocycles. The lowest BCUT2D eigenvalue weighted by Gasteiger charge is -2.31. The Labute approximate surface area is 276 Å². The van der Waals surface area contributed by atoms with Crippen molar-refractivity contribution in [2.45, 2.75) is 167 Å². The van der Waals surface area contributed by atoms with E-state index in [-0.39, 0.29) is 36.2 Å². The third kappa shape index (κ3) is 28.1. The molecule has 2 unspecified atom stereocenters. The number of rotatable bonds is 32. The van der Waals surface area contributed by atoms with Gasteiger partial charge in [0.25, 0.3) is 0 Å². The van der Waals surface area contributed by atoms with Gasteiger partial charge < -0.3 is 23.8 Å². The maximum atomic E-state index is 12.6. The lowest BCUT2D eigenvalue weighted by atomic mass is 10.1. The summed E-state index contributed by atoms with van der Waals surface area (Å²) >= 11 is 0. The zero-order valence-electron chi connectivity index (χ0n) is 29.8. The van der Waals surface area contributed by atoms with Crippen LogP contribution in [0.4, 0.5) is 0 Å². The van der Waals surface area contributed by atoms with Gasteiger partial charge in [-0.05, 0) is 38.5 Å². The smallest absolute Gasteiger partial charge is 0.362 e. The van der Waals surface area contributed by atoms with Crippen LogP contribution in [-0.2, 0) is 28.6 Å². The molecule has 2 atom stereocenters. The van der Waals surface area contributed by atoms with E-state index in [0.29, 0.717) is 19.3 Å². The summed E-state index contributed by atoms with van der Waals surface area (Å²) in [7, 11) is 5.51. The van der Waals surface area contributed by atoms with Crippen LogP contribution in [0.25, 0.3) is 0 Å². The van der Waals surface area contributed by atoms with Gasteiger partial charge in [-0.25, -0.2) is 4.79 Å². The molecular weight excluding hydrogens is 570 g/mol. The van der Waals surface area contributed by atoms with E-state index >= 15 is 0 Å². The van der Waals surface area contributed by atoms with Crippen LogP contribution in [0.2, 0.25) is 0 Å². The van der Waals surface area contributed by atoms with Gasteiger partial charge in [0.05, 0.1) is 34.4 Å². The molecule has 0 aromatic rings. The third-order valence-electron chi connectivity index (χ3n) is 8.16. The molecule has 8 heteroatoms. The number of esters is 2. The van der Waals surface area contributed by atoms with E-state index in [1.54, 1.807) is 0 Å². The number of hydrogen-bond acceptors (Lipinski definition) is 6. The summed E-state index contributed by atoms with van der Waals surface area (Å²) in [4.78, 5) is 36.6. The van der Waals surface area contributed by atoms with Crippen molar-refractivity contribution in [1.82, 2.24) is 0 Å². The Hall–Kier alpha value is -1.93. The maximum Gasteiger partial charge on any atom is 0.362 e. The van der Waals surface area contributed by atoms with Crippen molar-refractivity contribution in [3.8, 4) is 0 Å². The highest BCUT2D eigenvalue weighted by Crippen LogP contribution is 2.13. The van der Waals surface area contributed by atoms with Gasteiger partial charge in [0, 0.05) is 19.3 Å². The molecule has 45 heavy (non-hydrogen) atoms. The van der Waals surface area contributed by atoms with Crippen molar-refractivity contribution >= 4 is 17.9 Å². The summed E-state index contributed by atoms with van der Waals surface area (Å²) < 4.78 is 17.1. The molecule has 0 fully saturated rings. The second-order valence-electron chi connectivity index (χ2n) is 13.5. The van der Waals surface area contributed by atoms with Crippen LogP contribution in [0.15, 0.2) is 12.2 Å². The topological polar surface area (TPSA) is 99.1 Å². The van der Waals surface area contributed by atoms with Crippen LogP contribution in [0.3, 0.4) is 0 Å². The van der Waals surface area contributed by atoms with Crippen LogP contribution in [0, 0.1) is 0 Å². The van der Waals surface area contributed by atoms with E-state index in [0.717, 1.165) is 51.4 Å². The highest BCUT2D eigenvalue weighted by atomic mass is 16.6. The number of carboxylic acid groups (broad SMARTS) is 1. The Morgan fingerprint density at radius 2 is 1.11 bits per heavy atom. The first kappa shape index (κ1) is 43.1. The Balaban J connectivity index is 4.44. The fourth-order valence-corrected chi connectivity index (χ4v) is 5.26. The number of aliphatic carboxylic acids is 1. The predicted molar refractivity (Wildman–Crippen MR) is 183 cm³/mol. The van der Waals surface area contributed by atoms with Gasteiger partial charge in [-0.2, -0.15) is 0 Å². The molecule has 0 aromatic carbocycles. The largest absolute Gasteiger partial charge is 0.477 e. The van der Waals surface area contributed by atoms with Crippen LogP contribution < -0.4 is 0 Å². The molecule has 0 bridgehead atoms. The molecule has 0 aliphatic carbocycles. The Morgan fingerprint density at radius 3 is 1.62 bits per heavy atom. The summed E-state index contributed by atoms with van der Waals surface area (Å²) in [6.07, 6.45) is 26.8. The number of unbranched alkanes of at least 4 members (excludes halogenated alkanes) is 16. The SMILES string of the molecule is CCCCCC/C=C\CCCCCCCC(=O)OC(COCCC(C(=O)O)[N+](C)(C)C)COC(=O)CCCCCCCCCC. The standard InChI is InChI=1S/C37H69NO7/c1-6-8-10-12-14-16-17-18-19-20-22-24-26-28-36(40)45-33(31-43-30-29-34(37(41)42)38(3,4)5)32-44-35(39)27-25-23-21-15-13-11-9-7-2/h16-17,33-34H,6-15,18-32H2,1-5H3/p+1/b17-16-. The van der Waals surface area contributed by atoms with E-state index in [1.807, 2.05) is 21.1 Å². The molecule has 264 valence electrons. The van der Waals surface area contributed by atoms with Gasteiger partial charge >= 0.3 is 17.9 Å². The fraction of sp³-hybridized carbons (Fsp3) is 0.865. The van der Waals surface area contributed by atoms with Gasteiger partial charge in [0.1, 0.15) is 6.61 Å². The predicted octanol–water partition coefficient (Wildman–Crippen LogP) is 8.80. The van der Waals surface area contributed by atoms with E-state index in [1.165, 1.54) is 70.6 Å². The third-order valence-corrected chi connectivity index (χ3v) is 8.16. The van der Waals surface area contributed by atoms with Crippen LogP contribution in [-0.4, -0.2) is 80.6 Å². The van der Waals surface area contributed by atoms with Crippen LogP contribution in [0.5, 0.6) is 0 Å². The molecule has 0 aliphatic rings. The maximum absolute atomic E-state index is 12.6. The van der Waals surface area contributed by atoms with Crippen molar-refractivity contribution in [2.75, 3.05) is 41.0 Å². The van der Waals surface area contributed by atoms with Crippen molar-refractivity contribution < 1.29 is 38.2 Å². The highest BCUT2D eigenvalue weighted by Gasteiger charge is 2.31. The van der Waals surface area contributed by atoms with Crippen molar-refractivity contribution in [1.29, 1.82) is 0 Å². The Kier molecular flexibility index (Phi) is 28.2. The van der Waals surface area contributed by atoms with E-state index in [4.69, 9.17) is 14.2 Å². The second kappa shape index (κ2) is 29.5. The average molecular weight is 641 g/mol. The minimum Gasteiger partial charge on any atom is -0.477 e. The first-order valence-corrected chi connectivity index (χ1v) is 18.2. The van der Waals surface area contributed by atoms with Crippen molar-refractivity contribution in [2.24, 2.45) is 0 Å². The first-order chi connectivity index (χ1) is 21.6. The molecule has 0 aliphatic heterocycles. The molecule has 0 amide bonds. The summed E-state index contributed by atoms with van der Waals surface area (Å²) in [5, 5.41) is 9.55. The lowest BCUT2D eigenvalue weighted by molar-refractivity contribution is -0.887. The van der Waals surface area contributed by atoms with Gasteiger partial charge in [-0.1, -0.05) is 109 Å². The highest BCUT2D eigenvalue weighted by molar-refractivity contribution is 5.72. The number of allylic oxidation sites excluding steroid dienone is 2. The fourth-order valence-electron chi connectivity index (χ4n) is 5.26. The molecule has 0 rings (SSSR count). The number of likely N-dealkylation sites (N-methyl/N-ethyl adjacent to an activating group) is 1. The van der Waals surface area contributed by atoms with E-state index in [9.17, 15) is 19.5 Å². The number of hydrogen-bond donors (Lipinski definition) is 1. The zero-order chi connectivity index (χ0) is 33.6. The number of nitrogens with zero attached hydrogens (tertiary/aromatic N) is 1.